The van der Waals surface area contributed by atoms with E-state index in [2.05, 4.69) is 10.6 Å². The molecule has 1 unspecified atom stereocenters. The summed E-state index contributed by atoms with van der Waals surface area (Å²) in [6.45, 7) is 1.28. The second-order valence-electron chi connectivity index (χ2n) is 5.28. The third kappa shape index (κ3) is 4.67. The zero-order valence-corrected chi connectivity index (χ0v) is 13.2. The molecule has 2 amide bonds. The lowest BCUT2D eigenvalue weighted by Gasteiger charge is -2.12. The number of anilines is 1. The van der Waals surface area contributed by atoms with E-state index >= 15 is 0 Å². The van der Waals surface area contributed by atoms with E-state index in [4.69, 9.17) is 5.11 Å². The lowest BCUT2D eigenvalue weighted by atomic mass is 10.00. The third-order valence-electron chi connectivity index (χ3n) is 3.51. The smallest absolute Gasteiger partial charge is 0.322 e. The van der Waals surface area contributed by atoms with Crippen molar-refractivity contribution in [1.29, 1.82) is 0 Å². The molecule has 0 aliphatic rings. The Bertz CT molecular complexity index is 726. The number of carbonyl (C=O) groups is 3. The third-order valence-corrected chi connectivity index (χ3v) is 3.51. The Morgan fingerprint density at radius 3 is 2.21 bits per heavy atom. The quantitative estimate of drug-likeness (QED) is 0.758. The molecule has 2 aromatic carbocycles. The Morgan fingerprint density at radius 2 is 1.62 bits per heavy atom. The van der Waals surface area contributed by atoms with Crippen molar-refractivity contribution in [3.63, 3.8) is 0 Å². The second kappa shape index (κ2) is 7.92. The van der Waals surface area contributed by atoms with Crippen LogP contribution in [0.4, 0.5) is 5.69 Å². The predicted molar refractivity (Wildman–Crippen MR) is 89.9 cm³/mol. The molecule has 2 rings (SSSR count). The average molecular weight is 326 g/mol. The molecular formula is C18H18N2O4. The van der Waals surface area contributed by atoms with E-state index in [1.807, 2.05) is 6.07 Å². The van der Waals surface area contributed by atoms with E-state index in [1.54, 1.807) is 55.5 Å². The number of carboxylic acid groups (broad SMARTS) is 1. The monoisotopic (exact) mass is 326 g/mol. The molecule has 6 heteroatoms. The van der Waals surface area contributed by atoms with Gasteiger partial charge in [0, 0.05) is 11.3 Å². The first-order valence-corrected chi connectivity index (χ1v) is 7.43. The fourth-order valence-electron chi connectivity index (χ4n) is 2.12. The van der Waals surface area contributed by atoms with Gasteiger partial charge < -0.3 is 15.7 Å². The van der Waals surface area contributed by atoms with E-state index in [9.17, 15) is 14.4 Å². The van der Waals surface area contributed by atoms with Crippen molar-refractivity contribution >= 4 is 23.5 Å². The number of nitrogens with one attached hydrogen (secondary N) is 2. The molecular weight excluding hydrogens is 308 g/mol. The minimum atomic E-state index is -1.09. The van der Waals surface area contributed by atoms with Crippen molar-refractivity contribution in [2.24, 2.45) is 0 Å². The van der Waals surface area contributed by atoms with Gasteiger partial charge in [-0.3, -0.25) is 14.4 Å². The number of aliphatic carboxylic acids is 1. The van der Waals surface area contributed by atoms with Crippen LogP contribution in [0.5, 0.6) is 0 Å². The zero-order chi connectivity index (χ0) is 17.5. The minimum Gasteiger partial charge on any atom is -0.480 e. The van der Waals surface area contributed by atoms with Crippen LogP contribution in [-0.2, 0) is 9.59 Å². The van der Waals surface area contributed by atoms with Gasteiger partial charge in [0.25, 0.3) is 5.91 Å². The molecule has 0 bridgehead atoms. The van der Waals surface area contributed by atoms with Crippen LogP contribution < -0.4 is 10.6 Å². The normalized spacial score (nSPS) is 11.4. The van der Waals surface area contributed by atoms with Gasteiger partial charge in [-0.25, -0.2) is 0 Å². The summed E-state index contributed by atoms with van der Waals surface area (Å²) >= 11 is 0. The molecule has 0 fully saturated rings. The summed E-state index contributed by atoms with van der Waals surface area (Å²) in [6, 6.07) is 15.7. The summed E-state index contributed by atoms with van der Waals surface area (Å²) < 4.78 is 0. The van der Waals surface area contributed by atoms with Crippen LogP contribution in [0.3, 0.4) is 0 Å². The highest BCUT2D eigenvalue weighted by Crippen LogP contribution is 2.18. The molecule has 0 aliphatic carbocycles. The van der Waals surface area contributed by atoms with Crippen molar-refractivity contribution in [3.8, 4) is 0 Å². The van der Waals surface area contributed by atoms with Crippen LogP contribution in [0.15, 0.2) is 54.6 Å². The molecule has 0 spiro atoms. The molecule has 0 aliphatic heterocycles. The number of amides is 2. The highest BCUT2D eigenvalue weighted by Gasteiger charge is 2.16. The second-order valence-corrected chi connectivity index (χ2v) is 5.28. The number of rotatable bonds is 6. The summed E-state index contributed by atoms with van der Waals surface area (Å²) in [5, 5.41) is 13.7. The SMILES string of the molecule is CC(C(=O)NCC(=O)O)c1ccc(NC(=O)c2ccccc2)cc1. The minimum absolute atomic E-state index is 0.212. The Hall–Kier alpha value is -3.15. The van der Waals surface area contributed by atoms with Gasteiger partial charge in [0.2, 0.25) is 5.91 Å². The maximum atomic E-state index is 12.1. The van der Waals surface area contributed by atoms with Crippen molar-refractivity contribution in [3.05, 3.63) is 65.7 Å². The number of hydrogen-bond donors (Lipinski definition) is 3. The standard InChI is InChI=1S/C18H18N2O4/c1-12(17(23)19-11-16(21)22)13-7-9-15(10-8-13)20-18(24)14-5-3-2-4-6-14/h2-10,12H,11H2,1H3,(H,19,23)(H,20,24)(H,21,22). The average Bonchev–Trinajstić information content (AvgIpc) is 2.60. The van der Waals surface area contributed by atoms with Gasteiger partial charge in [-0.2, -0.15) is 0 Å². The maximum Gasteiger partial charge on any atom is 0.322 e. The van der Waals surface area contributed by atoms with Crippen LogP contribution in [0, 0.1) is 0 Å². The number of carbonyl (C=O) groups excluding carboxylic acids is 2. The van der Waals surface area contributed by atoms with Gasteiger partial charge in [-0.15, -0.1) is 0 Å². The first-order chi connectivity index (χ1) is 11.5. The highest BCUT2D eigenvalue weighted by molar-refractivity contribution is 6.04. The summed E-state index contributed by atoms with van der Waals surface area (Å²) in [5.74, 6) is -2.15. The number of benzene rings is 2. The summed E-state index contributed by atoms with van der Waals surface area (Å²) in [7, 11) is 0. The lowest BCUT2D eigenvalue weighted by Crippen LogP contribution is -2.32. The van der Waals surface area contributed by atoms with Crippen molar-refractivity contribution < 1.29 is 19.5 Å². The van der Waals surface area contributed by atoms with E-state index in [-0.39, 0.29) is 11.8 Å². The van der Waals surface area contributed by atoms with E-state index in [1.165, 1.54) is 0 Å². The van der Waals surface area contributed by atoms with E-state index in [0.29, 0.717) is 11.3 Å². The van der Waals surface area contributed by atoms with Gasteiger partial charge >= 0.3 is 5.97 Å². The Balaban J connectivity index is 1.98. The van der Waals surface area contributed by atoms with Crippen molar-refractivity contribution in [2.45, 2.75) is 12.8 Å². The molecule has 24 heavy (non-hydrogen) atoms. The Kier molecular flexibility index (Phi) is 5.68. The fourth-order valence-corrected chi connectivity index (χ4v) is 2.12. The molecule has 0 radical (unpaired) electrons. The number of hydrogen-bond acceptors (Lipinski definition) is 3. The topological polar surface area (TPSA) is 95.5 Å². The van der Waals surface area contributed by atoms with Gasteiger partial charge in [0.05, 0.1) is 5.92 Å². The van der Waals surface area contributed by atoms with Crippen molar-refractivity contribution in [2.75, 3.05) is 11.9 Å². The van der Waals surface area contributed by atoms with Crippen LogP contribution in [0.2, 0.25) is 0 Å². The maximum absolute atomic E-state index is 12.1. The molecule has 0 aromatic heterocycles. The van der Waals surface area contributed by atoms with Gasteiger partial charge in [-0.1, -0.05) is 30.3 Å². The zero-order valence-electron chi connectivity index (χ0n) is 13.2. The highest BCUT2D eigenvalue weighted by atomic mass is 16.4. The summed E-state index contributed by atoms with van der Waals surface area (Å²) in [5.41, 5.74) is 1.91. The molecule has 0 saturated carbocycles. The Labute approximate surface area is 139 Å². The van der Waals surface area contributed by atoms with Gasteiger partial charge in [0.15, 0.2) is 0 Å². The molecule has 6 nitrogen and oxygen atoms in total. The summed E-state index contributed by atoms with van der Waals surface area (Å²) in [6.07, 6.45) is 0. The molecule has 124 valence electrons. The summed E-state index contributed by atoms with van der Waals surface area (Å²) in [4.78, 5) is 34.4. The van der Waals surface area contributed by atoms with Crippen LogP contribution in [0.1, 0.15) is 28.8 Å². The Morgan fingerprint density at radius 1 is 1.00 bits per heavy atom. The predicted octanol–water partition coefficient (Wildman–Crippen LogP) is 2.24. The molecule has 3 N–H and O–H groups in total. The molecule has 0 heterocycles. The van der Waals surface area contributed by atoms with Gasteiger partial charge in [0.1, 0.15) is 6.54 Å². The van der Waals surface area contributed by atoms with Crippen LogP contribution in [-0.4, -0.2) is 29.4 Å². The van der Waals surface area contributed by atoms with Crippen LogP contribution in [0.25, 0.3) is 0 Å². The number of carboxylic acids is 1. The first kappa shape index (κ1) is 17.2. The van der Waals surface area contributed by atoms with Crippen molar-refractivity contribution in [1.82, 2.24) is 5.32 Å². The van der Waals surface area contributed by atoms with E-state index in [0.717, 1.165) is 5.56 Å². The van der Waals surface area contributed by atoms with E-state index < -0.39 is 18.4 Å². The lowest BCUT2D eigenvalue weighted by molar-refractivity contribution is -0.138. The van der Waals surface area contributed by atoms with Gasteiger partial charge in [-0.05, 0) is 36.8 Å². The largest absolute Gasteiger partial charge is 0.480 e. The molecule has 1 atom stereocenters. The van der Waals surface area contributed by atoms with Crippen LogP contribution >= 0.6 is 0 Å². The fraction of sp³-hybridized carbons (Fsp3) is 0.167. The first-order valence-electron chi connectivity index (χ1n) is 7.43. The molecule has 0 saturated heterocycles. The molecule has 2 aromatic rings.